The van der Waals surface area contributed by atoms with Crippen molar-refractivity contribution in [3.05, 3.63) is 50.1 Å². The van der Waals surface area contributed by atoms with Crippen LogP contribution in [0.4, 0.5) is 5.82 Å². The first kappa shape index (κ1) is 16.0. The number of hydrogen-bond acceptors (Lipinski definition) is 6. The highest BCUT2D eigenvalue weighted by atomic mass is 32.1. The van der Waals surface area contributed by atoms with Gasteiger partial charge < -0.3 is 4.90 Å². The van der Waals surface area contributed by atoms with Crippen LogP contribution in [-0.4, -0.2) is 32.4 Å². The van der Waals surface area contributed by atoms with Gasteiger partial charge in [-0.15, -0.1) is 16.4 Å². The number of nitrogens with zero attached hydrogens (tertiary/aromatic N) is 5. The number of aromatic nitrogens is 4. The van der Waals surface area contributed by atoms with Gasteiger partial charge in [-0.3, -0.25) is 9.36 Å². The zero-order valence-corrected chi connectivity index (χ0v) is 15.0. The van der Waals surface area contributed by atoms with Crippen LogP contribution >= 0.6 is 11.3 Å². The zero-order valence-electron chi connectivity index (χ0n) is 14.2. The average Bonchev–Trinajstić information content (AvgIpc) is 3.07. The number of para-hydroxylation sites is 1. The summed E-state index contributed by atoms with van der Waals surface area (Å²) in [5.74, 6) is 0.761. The lowest BCUT2D eigenvalue weighted by atomic mass is 9.97. The fourth-order valence-corrected chi connectivity index (χ4v) is 4.42. The van der Waals surface area contributed by atoms with Crippen LogP contribution in [0.5, 0.6) is 0 Å². The Kier molecular flexibility index (Phi) is 3.91. The molecule has 7 nitrogen and oxygen atoms in total. The summed E-state index contributed by atoms with van der Waals surface area (Å²) in [6.07, 6.45) is 1.85. The molecule has 25 heavy (non-hydrogen) atoms. The fourth-order valence-electron chi connectivity index (χ4n) is 3.28. The van der Waals surface area contributed by atoms with Gasteiger partial charge in [-0.05, 0) is 25.0 Å². The average molecular weight is 357 g/mol. The Hall–Kier alpha value is -2.48. The van der Waals surface area contributed by atoms with Crippen molar-refractivity contribution in [3.63, 3.8) is 0 Å². The number of thiazole rings is 1. The van der Waals surface area contributed by atoms with Crippen LogP contribution in [0.25, 0.3) is 10.2 Å². The summed E-state index contributed by atoms with van der Waals surface area (Å²) >= 11 is 1.75. The highest BCUT2D eigenvalue weighted by Crippen LogP contribution is 2.34. The van der Waals surface area contributed by atoms with Crippen LogP contribution in [0, 0.1) is 0 Å². The number of benzene rings is 1. The Bertz CT molecular complexity index is 1010. The normalized spacial score (nSPS) is 15.8. The Morgan fingerprint density at radius 3 is 2.56 bits per heavy atom. The summed E-state index contributed by atoms with van der Waals surface area (Å²) in [4.78, 5) is 30.9. The molecule has 0 spiro atoms. The molecule has 3 aromatic rings. The molecule has 130 valence electrons. The molecule has 0 atom stereocenters. The Balaban J connectivity index is 1.56. The third kappa shape index (κ3) is 2.76. The van der Waals surface area contributed by atoms with Crippen molar-refractivity contribution in [2.45, 2.75) is 18.8 Å². The van der Waals surface area contributed by atoms with Crippen LogP contribution in [0.2, 0.25) is 0 Å². The number of fused-ring (bicyclic) bond motifs is 1. The van der Waals surface area contributed by atoms with Crippen LogP contribution in [0.1, 0.15) is 23.8 Å². The first-order valence-electron chi connectivity index (χ1n) is 8.29. The van der Waals surface area contributed by atoms with Crippen molar-refractivity contribution in [2.24, 2.45) is 14.1 Å². The quantitative estimate of drug-likeness (QED) is 0.694. The van der Waals surface area contributed by atoms with Crippen LogP contribution < -0.4 is 16.1 Å². The molecule has 0 N–H and O–H groups in total. The van der Waals surface area contributed by atoms with Gasteiger partial charge in [0.1, 0.15) is 0 Å². The standard InChI is InChI=1S/C17H19N5O2S/c1-20-16(23)14(19-21(2)17(20)24)22-9-7-11(8-10-22)15-18-12-5-3-4-6-13(12)25-15/h3-6,11H,7-10H2,1-2H3. The molecule has 0 saturated carbocycles. The molecule has 2 aromatic heterocycles. The van der Waals surface area contributed by atoms with Gasteiger partial charge in [0.2, 0.25) is 5.82 Å². The molecule has 0 amide bonds. The summed E-state index contributed by atoms with van der Waals surface area (Å²) in [6.45, 7) is 1.47. The van der Waals surface area contributed by atoms with E-state index in [2.05, 4.69) is 11.2 Å². The molecule has 0 unspecified atom stereocenters. The van der Waals surface area contributed by atoms with E-state index in [1.54, 1.807) is 18.4 Å². The van der Waals surface area contributed by atoms with Gasteiger partial charge in [-0.25, -0.2) is 14.5 Å². The lowest BCUT2D eigenvalue weighted by molar-refractivity contribution is 0.489. The highest BCUT2D eigenvalue weighted by molar-refractivity contribution is 7.18. The molecule has 0 aliphatic carbocycles. The van der Waals surface area contributed by atoms with Crippen molar-refractivity contribution in [2.75, 3.05) is 18.0 Å². The zero-order chi connectivity index (χ0) is 17.6. The van der Waals surface area contributed by atoms with Gasteiger partial charge in [0.25, 0.3) is 5.56 Å². The monoisotopic (exact) mass is 357 g/mol. The third-order valence-electron chi connectivity index (χ3n) is 4.76. The molecule has 1 fully saturated rings. The van der Waals surface area contributed by atoms with Crippen molar-refractivity contribution in [1.29, 1.82) is 0 Å². The van der Waals surface area contributed by atoms with Gasteiger partial charge in [-0.2, -0.15) is 0 Å². The Morgan fingerprint density at radius 2 is 1.84 bits per heavy atom. The largest absolute Gasteiger partial charge is 0.351 e. The summed E-state index contributed by atoms with van der Waals surface area (Å²) in [5.41, 5.74) is 0.318. The van der Waals surface area contributed by atoms with Gasteiger partial charge in [0, 0.05) is 33.1 Å². The SMILES string of the molecule is Cn1nc(N2CCC(c3nc4ccccc4s3)CC2)c(=O)n(C)c1=O. The second-order valence-electron chi connectivity index (χ2n) is 6.38. The van der Waals surface area contributed by atoms with E-state index in [-0.39, 0.29) is 5.56 Å². The van der Waals surface area contributed by atoms with E-state index in [1.807, 2.05) is 23.1 Å². The predicted octanol–water partition coefficient (Wildman–Crippen LogP) is 1.47. The summed E-state index contributed by atoms with van der Waals surface area (Å²) < 4.78 is 3.55. The second-order valence-corrected chi connectivity index (χ2v) is 7.44. The van der Waals surface area contributed by atoms with Crippen molar-refractivity contribution < 1.29 is 0 Å². The van der Waals surface area contributed by atoms with E-state index in [9.17, 15) is 9.59 Å². The number of hydrogen-bond donors (Lipinski definition) is 0. The second kappa shape index (κ2) is 6.11. The van der Waals surface area contributed by atoms with E-state index < -0.39 is 5.69 Å². The number of rotatable bonds is 2. The molecule has 1 aliphatic rings. The van der Waals surface area contributed by atoms with Gasteiger partial charge >= 0.3 is 5.69 Å². The Labute approximate surface area is 148 Å². The molecule has 1 saturated heterocycles. The van der Waals surface area contributed by atoms with Gasteiger partial charge in [0.05, 0.1) is 15.2 Å². The van der Waals surface area contributed by atoms with E-state index in [0.717, 1.165) is 36.0 Å². The minimum absolute atomic E-state index is 0.332. The van der Waals surface area contributed by atoms with Crippen molar-refractivity contribution in [3.8, 4) is 0 Å². The van der Waals surface area contributed by atoms with E-state index in [4.69, 9.17) is 4.98 Å². The first-order valence-corrected chi connectivity index (χ1v) is 9.11. The van der Waals surface area contributed by atoms with Gasteiger partial charge in [-0.1, -0.05) is 12.1 Å². The molecule has 0 radical (unpaired) electrons. The minimum atomic E-state index is -0.405. The first-order chi connectivity index (χ1) is 12.0. The van der Waals surface area contributed by atoms with E-state index in [1.165, 1.54) is 21.4 Å². The van der Waals surface area contributed by atoms with Crippen molar-refractivity contribution >= 4 is 27.4 Å². The van der Waals surface area contributed by atoms with Crippen LogP contribution in [0.3, 0.4) is 0 Å². The maximum absolute atomic E-state index is 12.3. The lowest BCUT2D eigenvalue weighted by Gasteiger charge is -2.31. The highest BCUT2D eigenvalue weighted by Gasteiger charge is 2.26. The molecular weight excluding hydrogens is 338 g/mol. The molecule has 0 bridgehead atoms. The smallest absolute Gasteiger partial charge is 0.346 e. The van der Waals surface area contributed by atoms with Crippen molar-refractivity contribution in [1.82, 2.24) is 19.3 Å². The van der Waals surface area contributed by atoms with E-state index >= 15 is 0 Å². The number of aryl methyl sites for hydroxylation is 1. The molecule has 3 heterocycles. The topological polar surface area (TPSA) is 73.0 Å². The molecule has 8 heteroatoms. The lowest BCUT2D eigenvalue weighted by Crippen LogP contribution is -2.45. The summed E-state index contributed by atoms with van der Waals surface area (Å²) in [5, 5.41) is 5.34. The summed E-state index contributed by atoms with van der Waals surface area (Å²) in [6, 6.07) is 8.19. The Morgan fingerprint density at radius 1 is 1.12 bits per heavy atom. The maximum Gasteiger partial charge on any atom is 0.346 e. The fraction of sp³-hybridized carbons (Fsp3) is 0.412. The molecule has 1 aromatic carbocycles. The van der Waals surface area contributed by atoms with Crippen LogP contribution in [0.15, 0.2) is 33.9 Å². The van der Waals surface area contributed by atoms with E-state index in [0.29, 0.717) is 11.7 Å². The van der Waals surface area contributed by atoms with Gasteiger partial charge in [0.15, 0.2) is 0 Å². The number of anilines is 1. The third-order valence-corrected chi connectivity index (χ3v) is 5.96. The summed E-state index contributed by atoms with van der Waals surface area (Å²) in [7, 11) is 3.06. The van der Waals surface area contributed by atoms with Crippen LogP contribution in [-0.2, 0) is 14.1 Å². The number of piperidine rings is 1. The molecule has 4 rings (SSSR count). The predicted molar refractivity (Wildman–Crippen MR) is 98.5 cm³/mol. The maximum atomic E-state index is 12.3. The molecular formula is C17H19N5O2S. The minimum Gasteiger partial charge on any atom is -0.351 e. The molecule has 1 aliphatic heterocycles.